The summed E-state index contributed by atoms with van der Waals surface area (Å²) in [5.41, 5.74) is -0.403. The molecule has 0 aromatic heterocycles. The zero-order valence-electron chi connectivity index (χ0n) is 6.27. The summed E-state index contributed by atoms with van der Waals surface area (Å²) in [5.74, 6) is 0.594. The molecular formula is C8H15ClO. The Bertz CT molecular complexity index is 91.9. The third-order valence-electron chi connectivity index (χ3n) is 2.34. The lowest BCUT2D eigenvalue weighted by atomic mass is 9.83. The largest absolute Gasteiger partial charge is 0.390 e. The molecule has 0 amide bonds. The molecular weight excluding hydrogens is 148 g/mol. The fourth-order valence-electron chi connectivity index (χ4n) is 1.64. The van der Waals surface area contributed by atoms with Gasteiger partial charge in [0.05, 0.1) is 5.60 Å². The van der Waals surface area contributed by atoms with Crippen molar-refractivity contribution < 1.29 is 5.11 Å². The highest BCUT2D eigenvalue weighted by molar-refractivity contribution is 6.17. The van der Waals surface area contributed by atoms with Gasteiger partial charge >= 0.3 is 0 Å². The lowest BCUT2D eigenvalue weighted by Gasteiger charge is -2.31. The molecule has 0 bridgehead atoms. The second kappa shape index (κ2) is 3.59. The molecule has 0 saturated heterocycles. The van der Waals surface area contributed by atoms with Gasteiger partial charge in [-0.1, -0.05) is 19.3 Å². The van der Waals surface area contributed by atoms with Gasteiger partial charge in [0.15, 0.2) is 0 Å². The topological polar surface area (TPSA) is 20.2 Å². The summed E-state index contributed by atoms with van der Waals surface area (Å²) in [7, 11) is 0. The Hall–Kier alpha value is 0.250. The number of hydrogen-bond donors (Lipinski definition) is 1. The van der Waals surface area contributed by atoms with Crippen LogP contribution in [0.4, 0.5) is 0 Å². The monoisotopic (exact) mass is 162 g/mol. The molecule has 1 rings (SSSR count). The van der Waals surface area contributed by atoms with E-state index in [1.807, 2.05) is 0 Å². The van der Waals surface area contributed by atoms with Crippen molar-refractivity contribution >= 4 is 11.6 Å². The first-order valence-electron chi connectivity index (χ1n) is 4.05. The first-order valence-corrected chi connectivity index (χ1v) is 4.59. The molecule has 0 unspecified atom stereocenters. The smallest absolute Gasteiger partial charge is 0.0659 e. The predicted molar refractivity (Wildman–Crippen MR) is 43.4 cm³/mol. The quantitative estimate of drug-likeness (QED) is 0.618. The summed E-state index contributed by atoms with van der Waals surface area (Å²) in [5, 5.41) is 9.79. The maximum atomic E-state index is 9.79. The van der Waals surface area contributed by atoms with Crippen LogP contribution in [0.15, 0.2) is 0 Å². The number of rotatable bonds is 2. The molecule has 1 aliphatic rings. The van der Waals surface area contributed by atoms with Crippen LogP contribution in [0.1, 0.15) is 38.5 Å². The molecule has 10 heavy (non-hydrogen) atoms. The number of aliphatic hydroxyl groups is 1. The summed E-state index contributed by atoms with van der Waals surface area (Å²) in [6, 6.07) is 0. The van der Waals surface area contributed by atoms with E-state index in [2.05, 4.69) is 0 Å². The molecule has 1 N–H and O–H groups in total. The lowest BCUT2D eigenvalue weighted by molar-refractivity contribution is 0.00148. The first kappa shape index (κ1) is 8.35. The normalized spacial score (nSPS) is 24.6. The van der Waals surface area contributed by atoms with Gasteiger partial charge < -0.3 is 5.11 Å². The Balaban J connectivity index is 2.32. The van der Waals surface area contributed by atoms with Crippen LogP contribution in [0.2, 0.25) is 0 Å². The van der Waals surface area contributed by atoms with E-state index in [1.54, 1.807) is 0 Å². The van der Waals surface area contributed by atoms with Crippen molar-refractivity contribution in [3.8, 4) is 0 Å². The lowest BCUT2D eigenvalue weighted by Crippen LogP contribution is -2.31. The first-order chi connectivity index (χ1) is 4.77. The van der Waals surface area contributed by atoms with Crippen molar-refractivity contribution in [3.05, 3.63) is 0 Å². The Morgan fingerprint density at radius 3 is 2.30 bits per heavy atom. The van der Waals surface area contributed by atoms with Crippen LogP contribution < -0.4 is 0 Å². The van der Waals surface area contributed by atoms with E-state index in [0.29, 0.717) is 5.88 Å². The molecule has 0 atom stereocenters. The average Bonchev–Trinajstić information content (AvgIpc) is 1.89. The minimum atomic E-state index is -0.403. The average molecular weight is 163 g/mol. The van der Waals surface area contributed by atoms with Crippen molar-refractivity contribution in [2.45, 2.75) is 44.1 Å². The van der Waals surface area contributed by atoms with Crippen LogP contribution in [0, 0.1) is 0 Å². The van der Waals surface area contributed by atoms with Gasteiger partial charge in [0.1, 0.15) is 0 Å². The number of halogens is 1. The van der Waals surface area contributed by atoms with Crippen LogP contribution in [0.5, 0.6) is 0 Å². The maximum Gasteiger partial charge on any atom is 0.0659 e. The van der Waals surface area contributed by atoms with Gasteiger partial charge in [-0.15, -0.1) is 11.6 Å². The van der Waals surface area contributed by atoms with E-state index < -0.39 is 5.60 Å². The van der Waals surface area contributed by atoms with E-state index in [0.717, 1.165) is 19.3 Å². The predicted octanol–water partition coefficient (Wildman–Crippen LogP) is 2.31. The van der Waals surface area contributed by atoms with Crippen LogP contribution in [0.25, 0.3) is 0 Å². The fraction of sp³-hybridized carbons (Fsp3) is 1.00. The van der Waals surface area contributed by atoms with Gasteiger partial charge in [-0.3, -0.25) is 0 Å². The Labute approximate surface area is 67.4 Å². The summed E-state index contributed by atoms with van der Waals surface area (Å²) < 4.78 is 0. The molecule has 1 fully saturated rings. The summed E-state index contributed by atoms with van der Waals surface area (Å²) in [4.78, 5) is 0. The van der Waals surface area contributed by atoms with Gasteiger partial charge in [0.2, 0.25) is 0 Å². The van der Waals surface area contributed by atoms with Crippen molar-refractivity contribution in [2.75, 3.05) is 5.88 Å². The molecule has 0 radical (unpaired) electrons. The Kier molecular flexibility index (Phi) is 2.99. The van der Waals surface area contributed by atoms with Crippen LogP contribution in [0.3, 0.4) is 0 Å². The molecule has 0 heterocycles. The van der Waals surface area contributed by atoms with E-state index in [1.165, 1.54) is 19.3 Å². The third-order valence-corrected chi connectivity index (χ3v) is 2.53. The molecule has 0 aliphatic heterocycles. The maximum absolute atomic E-state index is 9.79. The summed E-state index contributed by atoms with van der Waals surface area (Å²) >= 11 is 5.56. The van der Waals surface area contributed by atoms with E-state index in [-0.39, 0.29) is 0 Å². The molecule has 1 saturated carbocycles. The standard InChI is InChI=1S/C8H15ClO/c9-7-6-8(10)4-2-1-3-5-8/h10H,1-7H2. The zero-order valence-corrected chi connectivity index (χ0v) is 7.03. The summed E-state index contributed by atoms with van der Waals surface area (Å²) in [6.45, 7) is 0. The summed E-state index contributed by atoms with van der Waals surface area (Å²) in [6.07, 6.45) is 6.32. The van der Waals surface area contributed by atoms with Gasteiger partial charge in [0, 0.05) is 5.88 Å². The van der Waals surface area contributed by atoms with E-state index in [4.69, 9.17) is 11.6 Å². The molecule has 60 valence electrons. The minimum Gasteiger partial charge on any atom is -0.390 e. The molecule has 1 nitrogen and oxygen atoms in total. The van der Waals surface area contributed by atoms with Crippen LogP contribution in [-0.2, 0) is 0 Å². The van der Waals surface area contributed by atoms with E-state index in [9.17, 15) is 5.11 Å². The van der Waals surface area contributed by atoms with Crippen molar-refractivity contribution in [1.29, 1.82) is 0 Å². The van der Waals surface area contributed by atoms with Gasteiger partial charge in [-0.05, 0) is 19.3 Å². The highest BCUT2D eigenvalue weighted by atomic mass is 35.5. The number of alkyl halides is 1. The SMILES string of the molecule is OC1(CCCl)CCCCC1. The molecule has 0 spiro atoms. The Morgan fingerprint density at radius 2 is 1.80 bits per heavy atom. The van der Waals surface area contributed by atoms with Gasteiger partial charge in [-0.25, -0.2) is 0 Å². The van der Waals surface area contributed by atoms with Crippen molar-refractivity contribution in [2.24, 2.45) is 0 Å². The second-order valence-electron chi connectivity index (χ2n) is 3.22. The van der Waals surface area contributed by atoms with E-state index >= 15 is 0 Å². The fourth-order valence-corrected chi connectivity index (χ4v) is 1.99. The van der Waals surface area contributed by atoms with Crippen LogP contribution in [-0.4, -0.2) is 16.6 Å². The molecule has 1 aliphatic carbocycles. The minimum absolute atomic E-state index is 0.403. The zero-order chi connectivity index (χ0) is 7.45. The Morgan fingerprint density at radius 1 is 1.20 bits per heavy atom. The molecule has 0 aromatic carbocycles. The van der Waals surface area contributed by atoms with Gasteiger partial charge in [0.25, 0.3) is 0 Å². The van der Waals surface area contributed by atoms with Crippen molar-refractivity contribution in [3.63, 3.8) is 0 Å². The molecule has 2 heteroatoms. The second-order valence-corrected chi connectivity index (χ2v) is 3.60. The molecule has 0 aromatic rings. The highest BCUT2D eigenvalue weighted by Gasteiger charge is 2.27. The van der Waals surface area contributed by atoms with Gasteiger partial charge in [-0.2, -0.15) is 0 Å². The third kappa shape index (κ3) is 2.14. The number of hydrogen-bond acceptors (Lipinski definition) is 1. The van der Waals surface area contributed by atoms with Crippen LogP contribution >= 0.6 is 11.6 Å². The van der Waals surface area contributed by atoms with Crippen molar-refractivity contribution in [1.82, 2.24) is 0 Å². The highest BCUT2D eigenvalue weighted by Crippen LogP contribution is 2.30.